The lowest BCUT2D eigenvalue weighted by Gasteiger charge is -2.41. The van der Waals surface area contributed by atoms with Gasteiger partial charge in [-0.3, -0.25) is 18.6 Å². The van der Waals surface area contributed by atoms with E-state index in [0.29, 0.717) is 19.3 Å². The van der Waals surface area contributed by atoms with E-state index >= 15 is 0 Å². The Bertz CT molecular complexity index is 1360. The van der Waals surface area contributed by atoms with Crippen LogP contribution in [0.25, 0.3) is 0 Å². The molecule has 1 saturated carbocycles. The summed E-state index contributed by atoms with van der Waals surface area (Å²) >= 11 is 0. The Morgan fingerprint density at radius 3 is 1.47 bits per heavy atom. The number of aliphatic hydroxyl groups is 6. The van der Waals surface area contributed by atoms with Gasteiger partial charge in [-0.2, -0.15) is 0 Å². The minimum atomic E-state index is -5.15. The maximum atomic E-state index is 12.8. The molecule has 356 valence electrons. The fourth-order valence-corrected chi connectivity index (χ4v) is 7.32. The maximum absolute atomic E-state index is 12.8. The van der Waals surface area contributed by atoms with Crippen molar-refractivity contribution >= 4 is 19.8 Å². The summed E-state index contributed by atoms with van der Waals surface area (Å²) < 4.78 is 33.4. The van der Waals surface area contributed by atoms with E-state index < -0.39 is 75.7 Å². The lowest BCUT2D eigenvalue weighted by molar-refractivity contribution is -0.220. The van der Waals surface area contributed by atoms with Gasteiger partial charge in [-0.15, -0.1) is 0 Å². The zero-order valence-corrected chi connectivity index (χ0v) is 38.0. The van der Waals surface area contributed by atoms with Crippen molar-refractivity contribution in [2.75, 3.05) is 19.8 Å². The van der Waals surface area contributed by atoms with Gasteiger partial charge in [0, 0.05) is 19.4 Å². The van der Waals surface area contributed by atoms with E-state index in [2.05, 4.69) is 67.7 Å². The highest BCUT2D eigenvalue weighted by Gasteiger charge is 2.51. The fourth-order valence-electron chi connectivity index (χ4n) is 6.35. The molecule has 62 heavy (non-hydrogen) atoms. The summed E-state index contributed by atoms with van der Waals surface area (Å²) in [6.07, 6.45) is 31.1. The lowest BCUT2D eigenvalue weighted by Crippen LogP contribution is -2.64. The molecule has 0 aromatic heterocycles. The summed E-state index contributed by atoms with van der Waals surface area (Å²) in [5.41, 5.74) is 0. The Hall–Kier alpha value is -2.75. The van der Waals surface area contributed by atoms with Crippen LogP contribution >= 0.6 is 7.82 Å². The van der Waals surface area contributed by atoms with E-state index in [1.807, 2.05) is 12.2 Å². The molecule has 8 atom stereocenters. The van der Waals surface area contributed by atoms with Gasteiger partial charge in [0.15, 0.2) is 6.10 Å². The average molecular weight is 899 g/mol. The number of hydrogen-bond donors (Lipinski definition) is 7. The van der Waals surface area contributed by atoms with Crippen LogP contribution in [0.4, 0.5) is 0 Å². The van der Waals surface area contributed by atoms with Crippen LogP contribution in [0.15, 0.2) is 72.9 Å². The van der Waals surface area contributed by atoms with Crippen LogP contribution in [-0.2, 0) is 32.7 Å². The second-order valence-electron chi connectivity index (χ2n) is 15.6. The van der Waals surface area contributed by atoms with Crippen molar-refractivity contribution in [3.05, 3.63) is 72.9 Å². The van der Waals surface area contributed by atoms with Gasteiger partial charge in [0.1, 0.15) is 43.2 Å². The standard InChI is InChI=1S/C47H79O14P/c1-2-3-4-5-6-7-8-9-13-16-19-22-25-28-31-34-40(49)58-37-39(38-59-62(56,57)61-47-45(54)43(52)42(51)44(53)46(47)55)60-41(50)35-32-29-26-23-20-17-14-11-10-12-15-18-21-24-27-30-33-36-48/h6-7,9-10,12-14,17-18,21,23,26,39,42-48,51-55H,2-5,8,11,15-16,19-20,22,24-25,27-38H2,1H3,(H,56,57)/b7-6-,12-10-,13-9-,17-14-,21-18-,26-23-/t39-,42?,43-,44+,45-,46-,47?/m1/s1. The van der Waals surface area contributed by atoms with Crippen molar-refractivity contribution < 1.29 is 68.2 Å². The first-order valence-electron chi connectivity index (χ1n) is 22.8. The molecule has 14 nitrogen and oxygen atoms in total. The Labute approximate surface area is 370 Å². The normalized spacial score (nSPS) is 22.5. The van der Waals surface area contributed by atoms with E-state index in [-0.39, 0.29) is 19.4 Å². The van der Waals surface area contributed by atoms with Crippen LogP contribution < -0.4 is 0 Å². The summed E-state index contributed by atoms with van der Waals surface area (Å²) in [5, 5.41) is 58.9. The molecular formula is C47H79O14P. The minimum absolute atomic E-state index is 0.00430. The molecule has 1 fully saturated rings. The molecule has 0 aromatic rings. The van der Waals surface area contributed by atoms with E-state index in [1.54, 1.807) is 0 Å². The van der Waals surface area contributed by atoms with Gasteiger partial charge >= 0.3 is 19.8 Å². The summed E-state index contributed by atoms with van der Waals surface area (Å²) in [4.78, 5) is 35.7. The lowest BCUT2D eigenvalue weighted by atomic mass is 9.85. The number of rotatable bonds is 37. The van der Waals surface area contributed by atoms with Gasteiger partial charge < -0.3 is 45.0 Å². The Morgan fingerprint density at radius 1 is 0.532 bits per heavy atom. The monoisotopic (exact) mass is 899 g/mol. The predicted molar refractivity (Wildman–Crippen MR) is 241 cm³/mol. The number of phosphoric ester groups is 1. The number of aliphatic hydroxyl groups excluding tert-OH is 6. The highest BCUT2D eigenvalue weighted by atomic mass is 31.2. The second-order valence-corrected chi connectivity index (χ2v) is 17.0. The SMILES string of the molecule is CCCCC/C=C\C/C=C\CCCCCCCC(=O)OC[C@H](COP(=O)(O)OC1[C@H](O)[C@H](O)C(O)[C@H](O)[C@H]1O)OC(=O)CCC/C=C\C/C=C\C/C=C\C/C=C\CCCCCO. The topological polar surface area (TPSA) is 230 Å². The molecule has 0 aromatic carbocycles. The molecule has 1 aliphatic rings. The van der Waals surface area contributed by atoms with Crippen molar-refractivity contribution in [2.45, 2.75) is 191 Å². The van der Waals surface area contributed by atoms with Crippen molar-refractivity contribution in [1.29, 1.82) is 0 Å². The highest BCUT2D eigenvalue weighted by Crippen LogP contribution is 2.47. The molecule has 7 N–H and O–H groups in total. The molecule has 1 aliphatic carbocycles. The molecule has 0 saturated heterocycles. The third-order valence-corrected chi connectivity index (χ3v) is 11.1. The van der Waals surface area contributed by atoms with Crippen LogP contribution in [0.1, 0.15) is 148 Å². The van der Waals surface area contributed by atoms with E-state index in [1.165, 1.54) is 19.3 Å². The molecule has 1 rings (SSSR count). The number of unbranched alkanes of at least 4 members (excludes halogenated alkanes) is 12. The second kappa shape index (κ2) is 37.6. The van der Waals surface area contributed by atoms with E-state index in [0.717, 1.165) is 89.9 Å². The summed E-state index contributed by atoms with van der Waals surface area (Å²) in [5.74, 6) is -1.20. The molecule has 0 aliphatic heterocycles. The van der Waals surface area contributed by atoms with Crippen molar-refractivity contribution in [3.8, 4) is 0 Å². The third kappa shape index (κ3) is 29.6. The molecule has 0 heterocycles. The van der Waals surface area contributed by atoms with Crippen LogP contribution in [0, 0.1) is 0 Å². The number of ether oxygens (including phenoxy) is 2. The van der Waals surface area contributed by atoms with Gasteiger partial charge in [0.05, 0.1) is 6.61 Å². The number of carbonyl (C=O) groups is 2. The molecule has 0 amide bonds. The first-order valence-corrected chi connectivity index (χ1v) is 24.3. The third-order valence-electron chi connectivity index (χ3n) is 10.1. The van der Waals surface area contributed by atoms with Gasteiger partial charge in [-0.1, -0.05) is 118 Å². The first kappa shape index (κ1) is 57.3. The number of esters is 2. The van der Waals surface area contributed by atoms with Crippen molar-refractivity contribution in [1.82, 2.24) is 0 Å². The van der Waals surface area contributed by atoms with Crippen molar-refractivity contribution in [3.63, 3.8) is 0 Å². The molecule has 0 bridgehead atoms. The molecule has 0 radical (unpaired) electrons. The van der Waals surface area contributed by atoms with Crippen LogP contribution in [-0.4, -0.2) is 110 Å². The predicted octanol–water partition coefficient (Wildman–Crippen LogP) is 7.69. The first-order chi connectivity index (χ1) is 29.9. The van der Waals surface area contributed by atoms with Gasteiger partial charge in [0.2, 0.25) is 0 Å². The number of carbonyl (C=O) groups excluding carboxylic acids is 2. The Balaban J connectivity index is 2.52. The quantitative estimate of drug-likeness (QED) is 0.0137. The van der Waals surface area contributed by atoms with Crippen LogP contribution in [0.5, 0.6) is 0 Å². The Kier molecular flexibility index (Phi) is 34.7. The zero-order chi connectivity index (χ0) is 45.7. The summed E-state index contributed by atoms with van der Waals surface area (Å²) in [7, 11) is -5.15. The largest absolute Gasteiger partial charge is 0.472 e. The van der Waals surface area contributed by atoms with E-state index in [9.17, 15) is 44.6 Å². The zero-order valence-electron chi connectivity index (χ0n) is 37.1. The molecule has 0 spiro atoms. The van der Waals surface area contributed by atoms with Gasteiger partial charge in [-0.05, 0) is 89.9 Å². The number of phosphoric acid groups is 1. The smallest absolute Gasteiger partial charge is 0.462 e. The average Bonchev–Trinajstić information content (AvgIpc) is 3.25. The Morgan fingerprint density at radius 2 is 0.952 bits per heavy atom. The fraction of sp³-hybridized carbons (Fsp3) is 0.702. The molecule has 3 unspecified atom stereocenters. The van der Waals surface area contributed by atoms with Crippen LogP contribution in [0.2, 0.25) is 0 Å². The van der Waals surface area contributed by atoms with Gasteiger partial charge in [-0.25, -0.2) is 4.57 Å². The maximum Gasteiger partial charge on any atom is 0.472 e. The van der Waals surface area contributed by atoms with Gasteiger partial charge in [0.25, 0.3) is 0 Å². The highest BCUT2D eigenvalue weighted by molar-refractivity contribution is 7.47. The summed E-state index contributed by atoms with van der Waals surface area (Å²) in [6.45, 7) is 1.21. The van der Waals surface area contributed by atoms with E-state index in [4.69, 9.17) is 23.6 Å². The van der Waals surface area contributed by atoms with Crippen molar-refractivity contribution in [2.24, 2.45) is 0 Å². The molecule has 15 heteroatoms. The summed E-state index contributed by atoms with van der Waals surface area (Å²) in [6, 6.07) is 0. The molecular weight excluding hydrogens is 819 g/mol. The number of hydrogen-bond acceptors (Lipinski definition) is 13. The van der Waals surface area contributed by atoms with Crippen LogP contribution in [0.3, 0.4) is 0 Å². The number of allylic oxidation sites excluding steroid dienone is 12. The minimum Gasteiger partial charge on any atom is -0.462 e.